The number of thiophene rings is 1. The van der Waals surface area contributed by atoms with Crippen LogP contribution in [0.15, 0.2) is 17.5 Å². The number of aryl methyl sites for hydroxylation is 1. The summed E-state index contributed by atoms with van der Waals surface area (Å²) in [5, 5.41) is 5.88. The van der Waals surface area contributed by atoms with Gasteiger partial charge in [0, 0.05) is 17.5 Å². The van der Waals surface area contributed by atoms with Crippen LogP contribution in [0.3, 0.4) is 0 Å². The first kappa shape index (κ1) is 15.0. The van der Waals surface area contributed by atoms with E-state index in [0.29, 0.717) is 12.1 Å². The lowest BCUT2D eigenvalue weighted by atomic mass is 9.98. The van der Waals surface area contributed by atoms with Crippen molar-refractivity contribution in [2.24, 2.45) is 0 Å². The summed E-state index contributed by atoms with van der Waals surface area (Å²) >= 11 is 1.88. The third kappa shape index (κ3) is 5.64. The first-order valence-electron chi connectivity index (χ1n) is 7.76. The van der Waals surface area contributed by atoms with Gasteiger partial charge in [0.1, 0.15) is 0 Å². The largest absolute Gasteiger partial charge is 0.378 e. The highest BCUT2D eigenvalue weighted by Gasteiger charge is 2.19. The Morgan fingerprint density at radius 2 is 2.42 bits per heavy atom. The predicted molar refractivity (Wildman–Crippen MR) is 82.9 cm³/mol. The van der Waals surface area contributed by atoms with Crippen molar-refractivity contribution in [3.8, 4) is 0 Å². The van der Waals surface area contributed by atoms with Crippen molar-refractivity contribution in [3.05, 3.63) is 22.4 Å². The number of rotatable bonds is 8. The minimum atomic E-state index is 0.492. The fourth-order valence-corrected chi connectivity index (χ4v) is 3.46. The van der Waals surface area contributed by atoms with Crippen molar-refractivity contribution in [1.82, 2.24) is 5.32 Å². The van der Waals surface area contributed by atoms with Gasteiger partial charge in [0.15, 0.2) is 0 Å². The Labute approximate surface area is 121 Å². The lowest BCUT2D eigenvalue weighted by Crippen LogP contribution is -2.35. The lowest BCUT2D eigenvalue weighted by molar-refractivity contribution is 0.00476. The smallest absolute Gasteiger partial charge is 0.0590 e. The average Bonchev–Trinajstić information content (AvgIpc) is 2.96. The highest BCUT2D eigenvalue weighted by Crippen LogP contribution is 2.20. The molecule has 1 fully saturated rings. The van der Waals surface area contributed by atoms with Gasteiger partial charge < -0.3 is 10.1 Å². The molecule has 1 saturated heterocycles. The van der Waals surface area contributed by atoms with Gasteiger partial charge in [0.2, 0.25) is 0 Å². The lowest BCUT2D eigenvalue weighted by Gasteiger charge is -2.27. The van der Waals surface area contributed by atoms with E-state index in [4.69, 9.17) is 4.74 Å². The van der Waals surface area contributed by atoms with Gasteiger partial charge in [-0.15, -0.1) is 11.3 Å². The molecule has 2 rings (SSSR count). The maximum atomic E-state index is 5.89. The van der Waals surface area contributed by atoms with E-state index in [1.165, 1.54) is 49.8 Å². The Bertz CT molecular complexity index is 319. The minimum absolute atomic E-state index is 0.492. The van der Waals surface area contributed by atoms with Crippen molar-refractivity contribution < 1.29 is 4.74 Å². The number of nitrogens with one attached hydrogen (secondary N) is 1. The zero-order valence-corrected chi connectivity index (χ0v) is 12.9. The summed E-state index contributed by atoms with van der Waals surface area (Å²) in [4.78, 5) is 1.51. The van der Waals surface area contributed by atoms with E-state index in [0.717, 1.165) is 13.2 Å². The predicted octanol–water partition coefficient (Wildman–Crippen LogP) is 4.01. The van der Waals surface area contributed by atoms with Crippen molar-refractivity contribution >= 4 is 11.3 Å². The Kier molecular flexibility index (Phi) is 6.90. The molecule has 3 heteroatoms. The zero-order valence-electron chi connectivity index (χ0n) is 12.1. The van der Waals surface area contributed by atoms with Crippen LogP contribution in [0.5, 0.6) is 0 Å². The number of hydrogen-bond donors (Lipinski definition) is 1. The third-order valence-corrected chi connectivity index (χ3v) is 4.76. The quantitative estimate of drug-likeness (QED) is 0.777. The van der Waals surface area contributed by atoms with Gasteiger partial charge in [-0.2, -0.15) is 0 Å². The summed E-state index contributed by atoms with van der Waals surface area (Å²) in [5.41, 5.74) is 0. The van der Waals surface area contributed by atoms with E-state index < -0.39 is 0 Å². The molecule has 0 amide bonds. The Morgan fingerprint density at radius 1 is 1.47 bits per heavy atom. The molecule has 19 heavy (non-hydrogen) atoms. The topological polar surface area (TPSA) is 21.3 Å². The van der Waals surface area contributed by atoms with Gasteiger partial charge >= 0.3 is 0 Å². The molecule has 1 aliphatic rings. The number of hydrogen-bond acceptors (Lipinski definition) is 3. The molecule has 0 bridgehead atoms. The maximum absolute atomic E-state index is 5.89. The molecule has 0 saturated carbocycles. The van der Waals surface area contributed by atoms with E-state index in [-0.39, 0.29) is 0 Å². The molecule has 0 aromatic carbocycles. The second-order valence-corrected chi connectivity index (χ2v) is 6.53. The van der Waals surface area contributed by atoms with Crippen molar-refractivity contribution in [2.45, 2.75) is 64.0 Å². The molecular formula is C16H27NOS. The van der Waals surface area contributed by atoms with Crippen LogP contribution < -0.4 is 5.32 Å². The van der Waals surface area contributed by atoms with Gasteiger partial charge in [0.05, 0.1) is 6.10 Å². The minimum Gasteiger partial charge on any atom is -0.378 e. The van der Waals surface area contributed by atoms with Crippen molar-refractivity contribution in [1.29, 1.82) is 0 Å². The summed E-state index contributed by atoms with van der Waals surface area (Å²) in [6, 6.07) is 5.02. The molecule has 1 N–H and O–H groups in total. The molecule has 108 valence electrons. The molecule has 1 aliphatic heterocycles. The van der Waals surface area contributed by atoms with Crippen LogP contribution in [0.2, 0.25) is 0 Å². The first-order chi connectivity index (χ1) is 9.38. The van der Waals surface area contributed by atoms with Crippen LogP contribution in [-0.4, -0.2) is 25.3 Å². The van der Waals surface area contributed by atoms with Crippen LogP contribution >= 0.6 is 11.3 Å². The van der Waals surface area contributed by atoms with E-state index in [1.807, 2.05) is 11.3 Å². The molecule has 2 nitrogen and oxygen atoms in total. The second kappa shape index (κ2) is 8.72. The molecule has 0 radical (unpaired) electrons. The monoisotopic (exact) mass is 281 g/mol. The van der Waals surface area contributed by atoms with E-state index in [9.17, 15) is 0 Å². The normalized spacial score (nSPS) is 21.4. The second-order valence-electron chi connectivity index (χ2n) is 5.49. The summed E-state index contributed by atoms with van der Waals surface area (Å²) in [6.45, 7) is 4.33. The Balaban J connectivity index is 1.76. The first-order valence-corrected chi connectivity index (χ1v) is 8.64. The molecule has 0 aliphatic carbocycles. The molecular weight excluding hydrogens is 254 g/mol. The molecule has 2 heterocycles. The third-order valence-electron chi connectivity index (χ3n) is 3.82. The summed E-state index contributed by atoms with van der Waals surface area (Å²) in [5.74, 6) is 0. The Hall–Kier alpha value is -0.380. The van der Waals surface area contributed by atoms with Crippen LogP contribution in [-0.2, 0) is 11.2 Å². The summed E-state index contributed by atoms with van der Waals surface area (Å²) < 4.78 is 5.89. The average molecular weight is 281 g/mol. The van der Waals surface area contributed by atoms with Crippen LogP contribution in [0, 0.1) is 0 Å². The zero-order chi connectivity index (χ0) is 13.3. The van der Waals surface area contributed by atoms with E-state index >= 15 is 0 Å². The fraction of sp³-hybridized carbons (Fsp3) is 0.750. The molecule has 2 atom stereocenters. The van der Waals surface area contributed by atoms with E-state index in [2.05, 4.69) is 29.8 Å². The summed E-state index contributed by atoms with van der Waals surface area (Å²) in [6.07, 6.45) is 9.17. The van der Waals surface area contributed by atoms with E-state index in [1.54, 1.807) is 0 Å². The van der Waals surface area contributed by atoms with Gasteiger partial charge in [-0.25, -0.2) is 0 Å². The van der Waals surface area contributed by atoms with Crippen molar-refractivity contribution in [2.75, 3.05) is 13.2 Å². The van der Waals surface area contributed by atoms with Gasteiger partial charge in [-0.3, -0.25) is 0 Å². The van der Waals surface area contributed by atoms with Gasteiger partial charge in [-0.1, -0.05) is 13.0 Å². The van der Waals surface area contributed by atoms with Gasteiger partial charge in [0.25, 0.3) is 0 Å². The Morgan fingerprint density at radius 3 is 3.11 bits per heavy atom. The fourth-order valence-electron chi connectivity index (χ4n) is 2.73. The molecule has 1 aromatic heterocycles. The van der Waals surface area contributed by atoms with Gasteiger partial charge in [-0.05, 0) is 62.9 Å². The van der Waals surface area contributed by atoms with Crippen LogP contribution in [0.1, 0.15) is 50.3 Å². The molecule has 2 unspecified atom stereocenters. The van der Waals surface area contributed by atoms with Crippen LogP contribution in [0.4, 0.5) is 0 Å². The van der Waals surface area contributed by atoms with Crippen LogP contribution in [0.25, 0.3) is 0 Å². The molecule has 1 aromatic rings. The summed E-state index contributed by atoms with van der Waals surface area (Å²) in [7, 11) is 0. The molecule has 0 spiro atoms. The number of ether oxygens (including phenoxy) is 1. The SMILES string of the molecule is CCCNC(CCc1cccs1)CC1CCCCO1. The standard InChI is InChI=1S/C16H27NOS/c1-2-10-17-14(8-9-16-7-5-12-19-16)13-15-6-3-4-11-18-15/h5,7,12,14-15,17H,2-4,6,8-11,13H2,1H3. The maximum Gasteiger partial charge on any atom is 0.0590 e. The van der Waals surface area contributed by atoms with Crippen molar-refractivity contribution in [3.63, 3.8) is 0 Å². The highest BCUT2D eigenvalue weighted by atomic mass is 32.1. The highest BCUT2D eigenvalue weighted by molar-refractivity contribution is 7.09.